The molecule has 0 bridgehead atoms. The van der Waals surface area contributed by atoms with Crippen LogP contribution in [0.2, 0.25) is 0 Å². The first kappa shape index (κ1) is 15.3. The van der Waals surface area contributed by atoms with Gasteiger partial charge in [-0.05, 0) is 26.2 Å². The van der Waals surface area contributed by atoms with Gasteiger partial charge in [-0.25, -0.2) is 9.78 Å². The van der Waals surface area contributed by atoms with Gasteiger partial charge in [0.05, 0.1) is 11.2 Å². The summed E-state index contributed by atoms with van der Waals surface area (Å²) in [6, 6.07) is 0.0663. The Hall–Kier alpha value is -1.14. The summed E-state index contributed by atoms with van der Waals surface area (Å²) in [7, 11) is 3.56. The second kappa shape index (κ2) is 5.69. The number of amides is 2. The molecule has 0 saturated carbocycles. The minimum atomic E-state index is -0.369. The highest BCUT2D eigenvalue weighted by Crippen LogP contribution is 2.34. The van der Waals surface area contributed by atoms with Crippen molar-refractivity contribution in [3.05, 3.63) is 15.6 Å². The largest absolute Gasteiger partial charge is 0.331 e. The van der Waals surface area contributed by atoms with Crippen LogP contribution in [0, 0.1) is 6.92 Å². The van der Waals surface area contributed by atoms with Crippen LogP contribution in [0.4, 0.5) is 4.79 Å². The molecule has 0 spiro atoms. The van der Waals surface area contributed by atoms with Crippen LogP contribution in [0.1, 0.15) is 35.3 Å². The molecule has 0 aromatic carbocycles. The van der Waals surface area contributed by atoms with E-state index in [0.29, 0.717) is 13.1 Å². The molecule has 2 N–H and O–H groups in total. The molecule has 1 saturated heterocycles. The van der Waals surface area contributed by atoms with Crippen molar-refractivity contribution < 1.29 is 4.79 Å². The van der Waals surface area contributed by atoms with E-state index in [-0.39, 0.29) is 11.6 Å². The molecule has 1 fully saturated rings. The number of hydrogen-bond donors (Lipinski definition) is 1. The van der Waals surface area contributed by atoms with Crippen molar-refractivity contribution in [3.63, 3.8) is 0 Å². The van der Waals surface area contributed by atoms with Crippen molar-refractivity contribution in [2.24, 2.45) is 5.73 Å². The average Bonchev–Trinajstić information content (AvgIpc) is 2.80. The highest BCUT2D eigenvalue weighted by Gasteiger charge is 2.37. The number of aryl methyl sites for hydroxylation is 2. The Kier molecular flexibility index (Phi) is 4.34. The molecular formula is C14H24N4OS. The Bertz CT molecular complexity index is 489. The molecule has 0 atom stereocenters. The summed E-state index contributed by atoms with van der Waals surface area (Å²) >= 11 is 1.71. The third-order valence-corrected chi connectivity index (χ3v) is 5.20. The Morgan fingerprint density at radius 3 is 2.50 bits per heavy atom. The van der Waals surface area contributed by atoms with Crippen LogP contribution in [-0.4, -0.2) is 48.0 Å². The Morgan fingerprint density at radius 1 is 1.45 bits per heavy atom. The Morgan fingerprint density at radius 2 is 2.05 bits per heavy atom. The topological polar surface area (TPSA) is 62.5 Å². The number of likely N-dealkylation sites (tertiary alicyclic amines) is 1. The fourth-order valence-electron chi connectivity index (χ4n) is 2.56. The van der Waals surface area contributed by atoms with Crippen molar-refractivity contribution in [2.45, 2.75) is 38.6 Å². The van der Waals surface area contributed by atoms with Gasteiger partial charge in [-0.2, -0.15) is 0 Å². The lowest BCUT2D eigenvalue weighted by Crippen LogP contribution is -2.51. The van der Waals surface area contributed by atoms with Gasteiger partial charge in [0.25, 0.3) is 0 Å². The maximum atomic E-state index is 11.9. The molecule has 1 aliphatic heterocycles. The quantitative estimate of drug-likeness (QED) is 0.907. The molecule has 2 heterocycles. The maximum Gasteiger partial charge on any atom is 0.319 e. The standard InChI is InChI=1S/C14H24N4OS/c1-5-11-10(2)20-12(16-11)14(15)6-8-18(9-7-14)13(19)17(3)4/h5-9,15H2,1-4H3. The van der Waals surface area contributed by atoms with E-state index in [1.165, 1.54) is 4.88 Å². The van der Waals surface area contributed by atoms with E-state index in [4.69, 9.17) is 10.7 Å². The molecule has 0 unspecified atom stereocenters. The van der Waals surface area contributed by atoms with E-state index in [0.717, 1.165) is 30.0 Å². The molecule has 1 aliphatic rings. The average molecular weight is 296 g/mol. The van der Waals surface area contributed by atoms with Gasteiger partial charge in [-0.1, -0.05) is 6.92 Å². The zero-order valence-corrected chi connectivity index (χ0v) is 13.6. The van der Waals surface area contributed by atoms with Gasteiger partial charge in [0.1, 0.15) is 5.01 Å². The number of carbonyl (C=O) groups excluding carboxylic acids is 1. The van der Waals surface area contributed by atoms with Crippen LogP contribution >= 0.6 is 11.3 Å². The molecule has 5 nitrogen and oxygen atoms in total. The summed E-state index contributed by atoms with van der Waals surface area (Å²) in [5, 5.41) is 1.03. The summed E-state index contributed by atoms with van der Waals surface area (Å²) in [5.74, 6) is 0. The normalized spacial score (nSPS) is 18.1. The summed E-state index contributed by atoms with van der Waals surface area (Å²) in [4.78, 5) is 21.4. The fourth-order valence-corrected chi connectivity index (χ4v) is 3.72. The van der Waals surface area contributed by atoms with E-state index >= 15 is 0 Å². The smallest absolute Gasteiger partial charge is 0.319 e. The predicted molar refractivity (Wildman–Crippen MR) is 82.0 cm³/mol. The number of thiazole rings is 1. The minimum Gasteiger partial charge on any atom is -0.331 e. The number of piperidine rings is 1. The van der Waals surface area contributed by atoms with Crippen molar-refractivity contribution in [2.75, 3.05) is 27.2 Å². The molecule has 2 rings (SSSR count). The van der Waals surface area contributed by atoms with Crippen molar-refractivity contribution in [3.8, 4) is 0 Å². The molecular weight excluding hydrogens is 272 g/mol. The van der Waals surface area contributed by atoms with Crippen molar-refractivity contribution in [1.82, 2.24) is 14.8 Å². The minimum absolute atomic E-state index is 0.0663. The van der Waals surface area contributed by atoms with Gasteiger partial charge in [-0.15, -0.1) is 11.3 Å². The Labute approximate surface area is 124 Å². The van der Waals surface area contributed by atoms with Crippen LogP contribution in [0.5, 0.6) is 0 Å². The monoisotopic (exact) mass is 296 g/mol. The molecule has 6 heteroatoms. The third kappa shape index (κ3) is 2.81. The van der Waals surface area contributed by atoms with Gasteiger partial charge in [0.2, 0.25) is 0 Å². The summed E-state index contributed by atoms with van der Waals surface area (Å²) in [5.41, 5.74) is 7.34. The molecule has 2 amide bonds. The van der Waals surface area contributed by atoms with Crippen molar-refractivity contribution in [1.29, 1.82) is 0 Å². The first-order valence-corrected chi connectivity index (χ1v) is 7.91. The summed E-state index contributed by atoms with van der Waals surface area (Å²) in [6.45, 7) is 5.63. The van der Waals surface area contributed by atoms with Crippen LogP contribution < -0.4 is 5.73 Å². The molecule has 20 heavy (non-hydrogen) atoms. The number of nitrogens with two attached hydrogens (primary N) is 1. The van der Waals surface area contributed by atoms with Crippen LogP contribution in [0.15, 0.2) is 0 Å². The number of hydrogen-bond acceptors (Lipinski definition) is 4. The fraction of sp³-hybridized carbons (Fsp3) is 0.714. The van der Waals surface area contributed by atoms with Crippen LogP contribution in [0.25, 0.3) is 0 Å². The third-order valence-electron chi connectivity index (χ3n) is 3.96. The molecule has 1 aromatic rings. The molecule has 1 aromatic heterocycles. The zero-order chi connectivity index (χ0) is 14.9. The van der Waals surface area contributed by atoms with E-state index in [2.05, 4.69) is 13.8 Å². The molecule has 112 valence electrons. The van der Waals surface area contributed by atoms with E-state index < -0.39 is 0 Å². The number of carbonyl (C=O) groups is 1. The zero-order valence-electron chi connectivity index (χ0n) is 12.8. The van der Waals surface area contributed by atoms with Gasteiger partial charge in [0.15, 0.2) is 0 Å². The number of rotatable bonds is 2. The molecule has 0 radical (unpaired) electrons. The van der Waals surface area contributed by atoms with Gasteiger partial charge in [-0.3, -0.25) is 0 Å². The van der Waals surface area contributed by atoms with Gasteiger partial charge < -0.3 is 15.5 Å². The highest BCUT2D eigenvalue weighted by molar-refractivity contribution is 7.11. The van der Waals surface area contributed by atoms with E-state index in [9.17, 15) is 4.79 Å². The lowest BCUT2D eigenvalue weighted by atomic mass is 9.89. The Balaban J connectivity index is 2.09. The summed E-state index contributed by atoms with van der Waals surface area (Å²) < 4.78 is 0. The van der Waals surface area contributed by atoms with E-state index in [1.807, 2.05) is 4.90 Å². The van der Waals surface area contributed by atoms with Crippen molar-refractivity contribution >= 4 is 17.4 Å². The van der Waals surface area contributed by atoms with E-state index in [1.54, 1.807) is 30.3 Å². The highest BCUT2D eigenvalue weighted by atomic mass is 32.1. The number of urea groups is 1. The lowest BCUT2D eigenvalue weighted by molar-refractivity contribution is 0.138. The van der Waals surface area contributed by atoms with Crippen LogP contribution in [-0.2, 0) is 12.0 Å². The van der Waals surface area contributed by atoms with Gasteiger partial charge in [0, 0.05) is 32.1 Å². The number of aromatic nitrogens is 1. The second-order valence-electron chi connectivity index (χ2n) is 5.70. The lowest BCUT2D eigenvalue weighted by Gasteiger charge is -2.38. The summed E-state index contributed by atoms with van der Waals surface area (Å²) in [6.07, 6.45) is 2.51. The van der Waals surface area contributed by atoms with Crippen LogP contribution in [0.3, 0.4) is 0 Å². The maximum absolute atomic E-state index is 11.9. The first-order valence-electron chi connectivity index (χ1n) is 7.09. The SMILES string of the molecule is CCc1nc(C2(N)CCN(C(=O)N(C)C)CC2)sc1C. The predicted octanol–water partition coefficient (Wildman–Crippen LogP) is 1.95. The first-order chi connectivity index (χ1) is 9.37. The molecule has 0 aliphatic carbocycles. The second-order valence-corrected chi connectivity index (χ2v) is 6.90. The number of nitrogens with zero attached hydrogens (tertiary/aromatic N) is 3. The van der Waals surface area contributed by atoms with Gasteiger partial charge >= 0.3 is 6.03 Å².